The van der Waals surface area contributed by atoms with Crippen LogP contribution in [0.1, 0.15) is 9.75 Å². The van der Waals surface area contributed by atoms with Gasteiger partial charge in [0.25, 0.3) is 0 Å². The van der Waals surface area contributed by atoms with Gasteiger partial charge in [-0.05, 0) is 25.1 Å². The smallest absolute Gasteiger partial charge is 0.225 e. The summed E-state index contributed by atoms with van der Waals surface area (Å²) in [6.07, 6.45) is 0. The van der Waals surface area contributed by atoms with Crippen molar-refractivity contribution in [2.24, 2.45) is 0 Å². The summed E-state index contributed by atoms with van der Waals surface area (Å²) in [7, 11) is 3.88. The lowest BCUT2D eigenvalue weighted by molar-refractivity contribution is 0.916. The molecule has 0 saturated carbocycles. The van der Waals surface area contributed by atoms with Crippen LogP contribution in [0.15, 0.2) is 18.2 Å². The first-order chi connectivity index (χ1) is 10.1. The fraction of sp³-hybridized carbons (Fsp3) is 0.286. The molecule has 3 heterocycles. The van der Waals surface area contributed by atoms with Gasteiger partial charge in [-0.25, -0.2) is 4.98 Å². The Morgan fingerprint density at radius 3 is 2.76 bits per heavy atom. The van der Waals surface area contributed by atoms with E-state index in [4.69, 9.17) is 11.6 Å². The molecule has 110 valence electrons. The minimum atomic E-state index is 0.649. The minimum Gasteiger partial charge on any atom is -0.357 e. The van der Waals surface area contributed by atoms with E-state index in [2.05, 4.69) is 39.2 Å². The van der Waals surface area contributed by atoms with Crippen molar-refractivity contribution in [3.05, 3.63) is 32.3 Å². The number of rotatable bonds is 4. The van der Waals surface area contributed by atoms with Crippen molar-refractivity contribution in [1.29, 1.82) is 0 Å². The van der Waals surface area contributed by atoms with E-state index in [0.717, 1.165) is 26.9 Å². The second-order valence-electron chi connectivity index (χ2n) is 4.76. The first kappa shape index (κ1) is 14.6. The summed E-state index contributed by atoms with van der Waals surface area (Å²) in [6.45, 7) is 2.87. The average Bonchev–Trinajstić information content (AvgIpc) is 3.02. The molecule has 4 nitrogen and oxygen atoms in total. The highest BCUT2D eigenvalue weighted by atomic mass is 35.5. The molecule has 3 aromatic rings. The molecule has 0 radical (unpaired) electrons. The summed E-state index contributed by atoms with van der Waals surface area (Å²) in [5, 5.41) is 4.13. The molecule has 0 atom stereocenters. The summed E-state index contributed by atoms with van der Waals surface area (Å²) < 4.78 is 0.813. The molecule has 0 aliphatic heterocycles. The van der Waals surface area contributed by atoms with Crippen LogP contribution in [0.3, 0.4) is 0 Å². The van der Waals surface area contributed by atoms with Gasteiger partial charge in [-0.1, -0.05) is 11.6 Å². The Bertz CT molecular complexity index is 780. The lowest BCUT2D eigenvalue weighted by Crippen LogP contribution is -2.18. The summed E-state index contributed by atoms with van der Waals surface area (Å²) in [5.74, 6) is 1.59. The van der Waals surface area contributed by atoms with Crippen LogP contribution >= 0.6 is 34.3 Å². The molecule has 7 heteroatoms. The number of fused-ring (bicyclic) bond motifs is 1. The number of nitrogens with zero attached hydrogens (tertiary/aromatic N) is 3. The highest BCUT2D eigenvalue weighted by Crippen LogP contribution is 2.32. The van der Waals surface area contributed by atoms with E-state index in [1.54, 1.807) is 22.7 Å². The number of aromatic nitrogens is 2. The fourth-order valence-electron chi connectivity index (χ4n) is 2.18. The third kappa shape index (κ3) is 2.97. The topological polar surface area (TPSA) is 41.1 Å². The maximum atomic E-state index is 6.00. The van der Waals surface area contributed by atoms with E-state index in [0.29, 0.717) is 5.95 Å². The Hall–Kier alpha value is -1.37. The third-order valence-corrected chi connectivity index (χ3v) is 5.26. The zero-order valence-electron chi connectivity index (χ0n) is 12.0. The molecular formula is C14H15ClN4S2. The van der Waals surface area contributed by atoms with Crippen molar-refractivity contribution in [2.75, 3.05) is 24.3 Å². The Morgan fingerprint density at radius 2 is 2.10 bits per heavy atom. The first-order valence-electron chi connectivity index (χ1n) is 6.48. The van der Waals surface area contributed by atoms with Gasteiger partial charge in [0.2, 0.25) is 5.95 Å². The molecule has 0 aliphatic carbocycles. The maximum Gasteiger partial charge on any atom is 0.225 e. The van der Waals surface area contributed by atoms with Gasteiger partial charge < -0.3 is 10.2 Å². The SMILES string of the molecule is CNc1nc(N(C)Cc2ccc(Cl)s2)c2cc(C)sc2n1. The van der Waals surface area contributed by atoms with Crippen molar-refractivity contribution in [1.82, 2.24) is 9.97 Å². The summed E-state index contributed by atoms with van der Waals surface area (Å²) in [5.41, 5.74) is 0. The summed E-state index contributed by atoms with van der Waals surface area (Å²) in [4.78, 5) is 14.7. The second-order valence-corrected chi connectivity index (χ2v) is 7.79. The molecule has 0 spiro atoms. The molecule has 0 fully saturated rings. The predicted molar refractivity (Wildman–Crippen MR) is 93.1 cm³/mol. The van der Waals surface area contributed by atoms with Gasteiger partial charge in [0, 0.05) is 23.8 Å². The van der Waals surface area contributed by atoms with Crippen molar-refractivity contribution >= 4 is 56.3 Å². The lowest BCUT2D eigenvalue weighted by atomic mass is 10.3. The van der Waals surface area contributed by atoms with Crippen molar-refractivity contribution in [3.8, 4) is 0 Å². The Kier molecular flexibility index (Phi) is 4.01. The molecule has 3 aromatic heterocycles. The Morgan fingerprint density at radius 1 is 1.29 bits per heavy atom. The van der Waals surface area contributed by atoms with Crippen molar-refractivity contribution in [3.63, 3.8) is 0 Å². The lowest BCUT2D eigenvalue weighted by Gasteiger charge is -2.18. The van der Waals surface area contributed by atoms with Crippen molar-refractivity contribution < 1.29 is 0 Å². The normalized spacial score (nSPS) is 11.0. The van der Waals surface area contributed by atoms with E-state index in [9.17, 15) is 0 Å². The van der Waals surface area contributed by atoms with Gasteiger partial charge in [-0.15, -0.1) is 22.7 Å². The Labute approximate surface area is 136 Å². The van der Waals surface area contributed by atoms with Gasteiger partial charge in [-0.2, -0.15) is 4.98 Å². The van der Waals surface area contributed by atoms with Crippen LogP contribution in [0.5, 0.6) is 0 Å². The molecule has 0 aromatic carbocycles. The van der Waals surface area contributed by atoms with Crippen LogP contribution in [0.4, 0.5) is 11.8 Å². The van der Waals surface area contributed by atoms with Crippen molar-refractivity contribution in [2.45, 2.75) is 13.5 Å². The largest absolute Gasteiger partial charge is 0.357 e. The number of hydrogen-bond acceptors (Lipinski definition) is 6. The van der Waals surface area contributed by atoms with Crippen LogP contribution in [0, 0.1) is 6.92 Å². The van der Waals surface area contributed by atoms with Gasteiger partial charge in [0.1, 0.15) is 10.6 Å². The van der Waals surface area contributed by atoms with Gasteiger partial charge in [0.15, 0.2) is 0 Å². The van der Waals surface area contributed by atoms with Gasteiger partial charge >= 0.3 is 0 Å². The maximum absolute atomic E-state index is 6.00. The van der Waals surface area contributed by atoms with E-state index in [1.807, 2.05) is 20.2 Å². The van der Waals surface area contributed by atoms with Crippen LogP contribution in [0.2, 0.25) is 4.34 Å². The molecule has 0 bridgehead atoms. The number of anilines is 2. The molecule has 21 heavy (non-hydrogen) atoms. The average molecular weight is 339 g/mol. The Balaban J connectivity index is 2.01. The number of thiophene rings is 2. The van der Waals surface area contributed by atoms with Crippen LogP contribution in [-0.2, 0) is 6.54 Å². The van der Waals surface area contributed by atoms with Gasteiger partial charge in [0.05, 0.1) is 16.3 Å². The van der Waals surface area contributed by atoms with E-state index in [1.165, 1.54) is 9.75 Å². The standard InChI is InChI=1S/C14H15ClN4S2/c1-8-6-10-12(17-14(16-2)18-13(10)20-8)19(3)7-9-4-5-11(15)21-9/h4-6H,7H2,1-3H3,(H,16,17,18). The molecule has 0 amide bonds. The monoisotopic (exact) mass is 338 g/mol. The molecule has 0 aliphatic rings. The summed E-state index contributed by atoms with van der Waals surface area (Å²) in [6, 6.07) is 6.13. The molecular weight excluding hydrogens is 324 g/mol. The van der Waals surface area contributed by atoms with E-state index < -0.39 is 0 Å². The zero-order chi connectivity index (χ0) is 15.0. The molecule has 0 unspecified atom stereocenters. The molecule has 3 rings (SSSR count). The second kappa shape index (κ2) is 5.79. The van der Waals surface area contributed by atoms with E-state index >= 15 is 0 Å². The molecule has 1 N–H and O–H groups in total. The number of halogens is 1. The highest BCUT2D eigenvalue weighted by Gasteiger charge is 2.14. The van der Waals surface area contributed by atoms with Gasteiger partial charge in [-0.3, -0.25) is 0 Å². The quantitative estimate of drug-likeness (QED) is 0.765. The predicted octanol–water partition coefficient (Wildman–Crippen LogP) is 4.39. The third-order valence-electron chi connectivity index (χ3n) is 3.10. The number of aryl methyl sites for hydroxylation is 1. The molecule has 0 saturated heterocycles. The first-order valence-corrected chi connectivity index (χ1v) is 8.49. The van der Waals surface area contributed by atoms with E-state index in [-0.39, 0.29) is 0 Å². The fourth-order valence-corrected chi connectivity index (χ4v) is 4.19. The van der Waals surface area contributed by atoms with Crippen LogP contribution < -0.4 is 10.2 Å². The summed E-state index contributed by atoms with van der Waals surface area (Å²) >= 11 is 9.29. The van der Waals surface area contributed by atoms with Crippen LogP contribution in [-0.4, -0.2) is 24.1 Å². The zero-order valence-corrected chi connectivity index (χ0v) is 14.4. The number of hydrogen-bond donors (Lipinski definition) is 1. The minimum absolute atomic E-state index is 0.649. The number of nitrogens with one attached hydrogen (secondary N) is 1. The van der Waals surface area contributed by atoms with Crippen LogP contribution in [0.25, 0.3) is 10.2 Å². The highest BCUT2D eigenvalue weighted by molar-refractivity contribution is 7.18.